The molecule has 4 aliphatic rings. The second-order valence-electron chi connectivity index (χ2n) is 8.06. The van der Waals surface area contributed by atoms with Crippen LogP contribution in [0.5, 0.6) is 0 Å². The molecule has 0 spiro atoms. The number of carbonyl (C=O) groups excluding carboxylic acids is 1. The van der Waals surface area contributed by atoms with Gasteiger partial charge in [-0.3, -0.25) is 9.69 Å². The number of nitrogens with zero attached hydrogens (tertiary/aromatic N) is 1. The van der Waals surface area contributed by atoms with Gasteiger partial charge in [0, 0.05) is 25.6 Å². The van der Waals surface area contributed by atoms with E-state index in [1.165, 1.54) is 5.57 Å². The van der Waals surface area contributed by atoms with Gasteiger partial charge in [-0.25, -0.2) is 0 Å². The van der Waals surface area contributed by atoms with Crippen molar-refractivity contribution in [3.63, 3.8) is 0 Å². The maximum absolute atomic E-state index is 12.6. The minimum Gasteiger partial charge on any atom is -0.459 e. The number of morpholine rings is 1. The van der Waals surface area contributed by atoms with E-state index in [9.17, 15) is 4.79 Å². The molecule has 0 radical (unpaired) electrons. The van der Waals surface area contributed by atoms with Gasteiger partial charge in [-0.15, -0.1) is 0 Å². The third kappa shape index (κ3) is 3.14. The lowest BCUT2D eigenvalue weighted by molar-refractivity contribution is -0.145. The Kier molecular flexibility index (Phi) is 4.43. The average molecular weight is 335 g/mol. The number of rotatable bonds is 2. The summed E-state index contributed by atoms with van der Waals surface area (Å²) in [6.07, 6.45) is 6.53. The van der Waals surface area contributed by atoms with Crippen LogP contribution in [-0.4, -0.2) is 61.5 Å². The second kappa shape index (κ2) is 6.43. The largest absolute Gasteiger partial charge is 0.459 e. The molecule has 3 heterocycles. The molecule has 3 saturated heterocycles. The lowest BCUT2D eigenvalue weighted by Gasteiger charge is -2.30. The number of allylic oxidation sites excluding steroid dienone is 2. The van der Waals surface area contributed by atoms with Crippen LogP contribution in [0.3, 0.4) is 0 Å². The minimum absolute atomic E-state index is 0.0183. The van der Waals surface area contributed by atoms with E-state index in [-0.39, 0.29) is 35.6 Å². The Morgan fingerprint density at radius 3 is 2.92 bits per heavy atom. The van der Waals surface area contributed by atoms with Crippen molar-refractivity contribution < 1.29 is 19.0 Å². The zero-order valence-corrected chi connectivity index (χ0v) is 14.8. The first-order valence-corrected chi connectivity index (χ1v) is 9.41. The van der Waals surface area contributed by atoms with Gasteiger partial charge in [0.2, 0.25) is 0 Å². The fourth-order valence-electron chi connectivity index (χ4n) is 4.61. The summed E-state index contributed by atoms with van der Waals surface area (Å²) in [7, 11) is 0. The topological polar surface area (TPSA) is 51.3 Å². The van der Waals surface area contributed by atoms with Gasteiger partial charge in [0.15, 0.2) is 0 Å². The molecule has 5 heteroatoms. The molecule has 0 bridgehead atoms. The summed E-state index contributed by atoms with van der Waals surface area (Å²) >= 11 is 0. The Balaban J connectivity index is 1.52. The molecule has 5 atom stereocenters. The van der Waals surface area contributed by atoms with Crippen molar-refractivity contribution in [3.05, 3.63) is 11.6 Å². The van der Waals surface area contributed by atoms with Crippen molar-refractivity contribution >= 4 is 5.97 Å². The van der Waals surface area contributed by atoms with E-state index >= 15 is 0 Å². The molecule has 1 aliphatic carbocycles. The van der Waals surface area contributed by atoms with E-state index in [4.69, 9.17) is 14.2 Å². The van der Waals surface area contributed by atoms with Crippen molar-refractivity contribution in [1.29, 1.82) is 0 Å². The van der Waals surface area contributed by atoms with Gasteiger partial charge in [-0.1, -0.05) is 11.6 Å². The molecule has 0 aromatic heterocycles. The predicted octanol–water partition coefficient (Wildman–Crippen LogP) is 2.15. The summed E-state index contributed by atoms with van der Waals surface area (Å²) < 4.78 is 17.3. The standard InChI is InChI=1S/C19H29NO4/c1-13-4-3-7-19(2)17(24-19)16-14(6-5-13)15(18(21)23-16)12-20-8-10-22-11-9-20/h4,14-17H,3,5-12H2,1-2H3. The summed E-state index contributed by atoms with van der Waals surface area (Å²) in [6, 6.07) is 0. The molecule has 0 aromatic rings. The first kappa shape index (κ1) is 16.6. The van der Waals surface area contributed by atoms with Crippen LogP contribution in [0.1, 0.15) is 39.5 Å². The molecule has 5 nitrogen and oxygen atoms in total. The van der Waals surface area contributed by atoms with Crippen LogP contribution in [0.15, 0.2) is 11.6 Å². The zero-order chi connectivity index (χ0) is 16.7. The number of ether oxygens (including phenoxy) is 3. The molecule has 0 N–H and O–H groups in total. The quantitative estimate of drug-likeness (QED) is 0.440. The smallest absolute Gasteiger partial charge is 0.311 e. The second-order valence-corrected chi connectivity index (χ2v) is 8.06. The number of hydrogen-bond acceptors (Lipinski definition) is 5. The maximum Gasteiger partial charge on any atom is 0.311 e. The fraction of sp³-hybridized carbons (Fsp3) is 0.842. The molecule has 3 fully saturated rings. The van der Waals surface area contributed by atoms with E-state index in [1.807, 2.05) is 0 Å². The number of carbonyl (C=O) groups is 1. The molecule has 0 aromatic carbocycles. The summed E-state index contributed by atoms with van der Waals surface area (Å²) in [5, 5.41) is 0. The van der Waals surface area contributed by atoms with Crippen LogP contribution >= 0.6 is 0 Å². The summed E-state index contributed by atoms with van der Waals surface area (Å²) in [5.41, 5.74) is 1.33. The third-order valence-electron chi connectivity index (χ3n) is 6.30. The minimum atomic E-state index is -0.106. The van der Waals surface area contributed by atoms with Crippen molar-refractivity contribution in [1.82, 2.24) is 4.90 Å². The first-order valence-electron chi connectivity index (χ1n) is 9.41. The highest BCUT2D eigenvalue weighted by molar-refractivity contribution is 5.75. The average Bonchev–Trinajstić information content (AvgIpc) is 3.14. The number of esters is 1. The van der Waals surface area contributed by atoms with Gasteiger partial charge in [0.05, 0.1) is 24.7 Å². The molecular weight excluding hydrogens is 306 g/mol. The highest BCUT2D eigenvalue weighted by Gasteiger charge is 2.62. The van der Waals surface area contributed by atoms with Crippen molar-refractivity contribution in [2.45, 2.75) is 57.3 Å². The molecule has 0 saturated carbocycles. The van der Waals surface area contributed by atoms with Gasteiger partial charge >= 0.3 is 5.97 Å². The summed E-state index contributed by atoms with van der Waals surface area (Å²) in [4.78, 5) is 15.0. The highest BCUT2D eigenvalue weighted by atomic mass is 16.6. The van der Waals surface area contributed by atoms with E-state index in [1.54, 1.807) is 0 Å². The maximum atomic E-state index is 12.6. The van der Waals surface area contributed by atoms with Crippen molar-refractivity contribution in [2.75, 3.05) is 32.8 Å². The summed E-state index contributed by atoms with van der Waals surface area (Å²) in [5.74, 6) is 0.234. The Morgan fingerprint density at radius 1 is 1.33 bits per heavy atom. The van der Waals surface area contributed by atoms with E-state index < -0.39 is 0 Å². The lowest BCUT2D eigenvalue weighted by Crippen LogP contribution is -2.42. The van der Waals surface area contributed by atoms with E-state index in [0.29, 0.717) is 0 Å². The Morgan fingerprint density at radius 2 is 2.12 bits per heavy atom. The Hall–Kier alpha value is -0.910. The molecule has 24 heavy (non-hydrogen) atoms. The molecular formula is C19H29NO4. The Labute approximate surface area is 144 Å². The molecule has 0 amide bonds. The zero-order valence-electron chi connectivity index (χ0n) is 14.8. The van der Waals surface area contributed by atoms with Gasteiger partial charge in [0.1, 0.15) is 12.2 Å². The van der Waals surface area contributed by atoms with Crippen LogP contribution in [-0.2, 0) is 19.0 Å². The third-order valence-corrected chi connectivity index (χ3v) is 6.30. The van der Waals surface area contributed by atoms with Crippen LogP contribution in [0.25, 0.3) is 0 Å². The molecule has 5 unspecified atom stereocenters. The van der Waals surface area contributed by atoms with Crippen LogP contribution < -0.4 is 0 Å². The SMILES string of the molecule is CC1=CCCC2(C)OC2C2OC(=O)C(CN3CCOCC3)C2CC1. The number of hydrogen-bond donors (Lipinski definition) is 0. The molecule has 134 valence electrons. The molecule has 3 aliphatic heterocycles. The van der Waals surface area contributed by atoms with Crippen molar-refractivity contribution in [3.8, 4) is 0 Å². The predicted molar refractivity (Wildman–Crippen MR) is 89.6 cm³/mol. The van der Waals surface area contributed by atoms with Gasteiger partial charge in [0.25, 0.3) is 0 Å². The summed E-state index contributed by atoms with van der Waals surface area (Å²) in [6.45, 7) is 8.54. The fourth-order valence-corrected chi connectivity index (χ4v) is 4.61. The van der Waals surface area contributed by atoms with E-state index in [0.717, 1.165) is 58.5 Å². The monoisotopic (exact) mass is 335 g/mol. The van der Waals surface area contributed by atoms with Gasteiger partial charge < -0.3 is 14.2 Å². The lowest BCUT2D eigenvalue weighted by atomic mass is 9.80. The van der Waals surface area contributed by atoms with Gasteiger partial charge in [-0.2, -0.15) is 0 Å². The van der Waals surface area contributed by atoms with Crippen LogP contribution in [0, 0.1) is 11.8 Å². The van der Waals surface area contributed by atoms with Gasteiger partial charge in [-0.05, 0) is 39.5 Å². The number of fused-ring (bicyclic) bond motifs is 3. The van der Waals surface area contributed by atoms with Crippen LogP contribution in [0.2, 0.25) is 0 Å². The first-order chi connectivity index (χ1) is 11.6. The van der Waals surface area contributed by atoms with E-state index in [2.05, 4.69) is 24.8 Å². The van der Waals surface area contributed by atoms with Crippen molar-refractivity contribution in [2.24, 2.45) is 11.8 Å². The highest BCUT2D eigenvalue weighted by Crippen LogP contribution is 2.50. The number of epoxide rings is 1. The molecule has 4 rings (SSSR count). The normalized spacial score (nSPS) is 43.4. The van der Waals surface area contributed by atoms with Crippen LogP contribution in [0.4, 0.5) is 0 Å². The Bertz CT molecular complexity index is 527.